The number of alkyl carbamates (subject to hydrolysis) is 1. The number of rotatable bonds is 7. The fourth-order valence-corrected chi connectivity index (χ4v) is 1.75. The van der Waals surface area contributed by atoms with Gasteiger partial charge in [0.25, 0.3) is 0 Å². The number of nitrogens with one attached hydrogen (secondary N) is 1. The first-order chi connectivity index (χ1) is 6.83. The van der Waals surface area contributed by atoms with E-state index in [1.54, 1.807) is 0 Å². The van der Waals surface area contributed by atoms with Crippen LogP contribution in [0.3, 0.4) is 0 Å². The van der Waals surface area contributed by atoms with Gasteiger partial charge in [0.1, 0.15) is 6.61 Å². The zero-order valence-electron chi connectivity index (χ0n) is 9.05. The van der Waals surface area contributed by atoms with Crippen molar-refractivity contribution in [2.45, 2.75) is 57.9 Å². The average molecular weight is 199 g/mol. The van der Waals surface area contributed by atoms with Crippen molar-refractivity contribution in [3.05, 3.63) is 0 Å². The molecule has 1 atom stereocenters. The van der Waals surface area contributed by atoms with Crippen LogP contribution in [0.1, 0.15) is 51.9 Å². The van der Waals surface area contributed by atoms with Crippen LogP contribution in [-0.4, -0.2) is 18.7 Å². The Bertz CT molecular complexity index is 171. The summed E-state index contributed by atoms with van der Waals surface area (Å²) in [7, 11) is 0. The third-order valence-corrected chi connectivity index (χ3v) is 2.64. The van der Waals surface area contributed by atoms with Gasteiger partial charge >= 0.3 is 6.09 Å². The third-order valence-electron chi connectivity index (χ3n) is 2.64. The highest BCUT2D eigenvalue weighted by molar-refractivity contribution is 5.69. The molecular formula is C11H21NO2. The van der Waals surface area contributed by atoms with Gasteiger partial charge in [-0.2, -0.15) is 0 Å². The first-order valence-electron chi connectivity index (χ1n) is 5.76. The quantitative estimate of drug-likeness (QED) is 0.640. The number of carbonyl (C=O) groups is 1. The Morgan fingerprint density at radius 2 is 2.00 bits per heavy atom. The van der Waals surface area contributed by atoms with E-state index in [-0.39, 0.29) is 12.1 Å². The molecule has 1 rings (SSSR count). The van der Waals surface area contributed by atoms with Gasteiger partial charge in [0.15, 0.2) is 0 Å². The second-order valence-corrected chi connectivity index (χ2v) is 4.00. The molecule has 0 saturated carbocycles. The molecule has 14 heavy (non-hydrogen) atoms. The molecule has 0 aliphatic carbocycles. The number of ether oxygens (including phenoxy) is 1. The summed E-state index contributed by atoms with van der Waals surface area (Å²) in [6.45, 7) is 2.79. The minimum atomic E-state index is -0.249. The van der Waals surface area contributed by atoms with E-state index >= 15 is 0 Å². The predicted octanol–water partition coefficient (Wildman–Crippen LogP) is 2.85. The zero-order valence-corrected chi connectivity index (χ0v) is 9.05. The van der Waals surface area contributed by atoms with E-state index in [1.165, 1.54) is 38.5 Å². The largest absolute Gasteiger partial charge is 0.447 e. The van der Waals surface area contributed by atoms with Crippen LogP contribution in [0.25, 0.3) is 0 Å². The third kappa shape index (κ3) is 4.49. The predicted molar refractivity (Wildman–Crippen MR) is 56.3 cm³/mol. The summed E-state index contributed by atoms with van der Waals surface area (Å²) in [4.78, 5) is 10.7. The van der Waals surface area contributed by atoms with Gasteiger partial charge in [0, 0.05) is 0 Å². The van der Waals surface area contributed by atoms with Crippen LogP contribution in [0.5, 0.6) is 0 Å². The van der Waals surface area contributed by atoms with Crippen molar-refractivity contribution in [2.24, 2.45) is 0 Å². The molecule has 0 aromatic rings. The smallest absolute Gasteiger partial charge is 0.407 e. The van der Waals surface area contributed by atoms with Crippen LogP contribution >= 0.6 is 0 Å². The summed E-state index contributed by atoms with van der Waals surface area (Å²) in [5, 5.41) is 2.79. The van der Waals surface area contributed by atoms with Crippen LogP contribution < -0.4 is 5.32 Å². The normalized spacial score (nSPS) is 20.6. The summed E-state index contributed by atoms with van der Waals surface area (Å²) in [6.07, 6.45) is 8.64. The summed E-state index contributed by atoms with van der Waals surface area (Å²) in [6, 6.07) is 0.272. The van der Waals surface area contributed by atoms with Crippen molar-refractivity contribution in [1.29, 1.82) is 0 Å². The highest BCUT2D eigenvalue weighted by atomic mass is 16.6. The van der Waals surface area contributed by atoms with Crippen LogP contribution in [0, 0.1) is 0 Å². The fraction of sp³-hybridized carbons (Fsp3) is 0.909. The zero-order chi connectivity index (χ0) is 10.2. The van der Waals surface area contributed by atoms with Gasteiger partial charge in [0.2, 0.25) is 0 Å². The standard InChI is InChI=1S/C11H21NO2/c1-2-3-4-5-6-7-8-10-9-14-11(13)12-10/h10H,2-9H2,1H3,(H,12,13). The molecule has 1 amide bonds. The Morgan fingerprint density at radius 1 is 1.29 bits per heavy atom. The van der Waals surface area contributed by atoms with Crippen molar-refractivity contribution >= 4 is 6.09 Å². The molecule has 3 heteroatoms. The lowest BCUT2D eigenvalue weighted by molar-refractivity contribution is 0.176. The molecule has 1 saturated heterocycles. The minimum absolute atomic E-state index is 0.249. The van der Waals surface area contributed by atoms with Crippen LogP contribution in [0.4, 0.5) is 4.79 Å². The number of cyclic esters (lactones) is 1. The number of hydrogen-bond donors (Lipinski definition) is 1. The lowest BCUT2D eigenvalue weighted by Crippen LogP contribution is -2.25. The van der Waals surface area contributed by atoms with Gasteiger partial charge in [0.05, 0.1) is 6.04 Å². The molecule has 0 aromatic carbocycles. The molecule has 1 heterocycles. The summed E-state index contributed by atoms with van der Waals surface area (Å²) < 4.78 is 4.81. The minimum Gasteiger partial charge on any atom is -0.447 e. The second-order valence-electron chi connectivity index (χ2n) is 4.00. The SMILES string of the molecule is CCCCCCCCC1COC(=O)N1. The van der Waals surface area contributed by atoms with Crippen LogP contribution in [0.15, 0.2) is 0 Å². The highest BCUT2D eigenvalue weighted by Crippen LogP contribution is 2.10. The molecule has 82 valence electrons. The molecule has 0 spiro atoms. The molecule has 1 aliphatic heterocycles. The van der Waals surface area contributed by atoms with Crippen molar-refractivity contribution in [3.63, 3.8) is 0 Å². The lowest BCUT2D eigenvalue weighted by Gasteiger charge is -2.06. The van der Waals surface area contributed by atoms with Crippen molar-refractivity contribution < 1.29 is 9.53 Å². The van der Waals surface area contributed by atoms with Gasteiger partial charge in [-0.3, -0.25) is 0 Å². The molecule has 0 aromatic heterocycles. The Kier molecular flexibility index (Phi) is 5.42. The summed E-state index contributed by atoms with van der Waals surface area (Å²) in [5.74, 6) is 0. The van der Waals surface area contributed by atoms with Gasteiger partial charge in [-0.1, -0.05) is 45.4 Å². The molecule has 1 N–H and O–H groups in total. The van der Waals surface area contributed by atoms with Gasteiger partial charge in [-0.15, -0.1) is 0 Å². The van der Waals surface area contributed by atoms with E-state index in [0.717, 1.165) is 6.42 Å². The number of unbranched alkanes of at least 4 members (excludes halogenated alkanes) is 5. The molecule has 3 nitrogen and oxygen atoms in total. The number of hydrogen-bond acceptors (Lipinski definition) is 2. The Labute approximate surface area is 86.2 Å². The summed E-state index contributed by atoms with van der Waals surface area (Å²) in [5.41, 5.74) is 0. The van der Waals surface area contributed by atoms with E-state index in [2.05, 4.69) is 12.2 Å². The van der Waals surface area contributed by atoms with Crippen molar-refractivity contribution in [1.82, 2.24) is 5.32 Å². The first-order valence-corrected chi connectivity index (χ1v) is 5.76. The van der Waals surface area contributed by atoms with Gasteiger partial charge < -0.3 is 10.1 Å². The summed E-state index contributed by atoms with van der Waals surface area (Å²) >= 11 is 0. The van der Waals surface area contributed by atoms with Crippen LogP contribution in [-0.2, 0) is 4.74 Å². The first kappa shape index (κ1) is 11.3. The molecule has 1 fully saturated rings. The van der Waals surface area contributed by atoms with Crippen LogP contribution in [0.2, 0.25) is 0 Å². The van der Waals surface area contributed by atoms with E-state index in [1.807, 2.05) is 0 Å². The van der Waals surface area contributed by atoms with Gasteiger partial charge in [-0.25, -0.2) is 4.79 Å². The Balaban J connectivity index is 1.86. The number of carbonyl (C=O) groups excluding carboxylic acids is 1. The average Bonchev–Trinajstić information content (AvgIpc) is 2.58. The monoisotopic (exact) mass is 199 g/mol. The maximum absolute atomic E-state index is 10.7. The topological polar surface area (TPSA) is 38.3 Å². The van der Waals surface area contributed by atoms with E-state index < -0.39 is 0 Å². The number of amides is 1. The molecule has 0 radical (unpaired) electrons. The lowest BCUT2D eigenvalue weighted by atomic mass is 10.1. The Hall–Kier alpha value is -0.730. The van der Waals surface area contributed by atoms with Crippen molar-refractivity contribution in [2.75, 3.05) is 6.61 Å². The molecular weight excluding hydrogens is 178 g/mol. The highest BCUT2D eigenvalue weighted by Gasteiger charge is 2.20. The maximum Gasteiger partial charge on any atom is 0.407 e. The van der Waals surface area contributed by atoms with E-state index in [0.29, 0.717) is 6.61 Å². The second kappa shape index (κ2) is 6.68. The van der Waals surface area contributed by atoms with Crippen molar-refractivity contribution in [3.8, 4) is 0 Å². The maximum atomic E-state index is 10.7. The van der Waals surface area contributed by atoms with E-state index in [9.17, 15) is 4.79 Å². The van der Waals surface area contributed by atoms with E-state index in [4.69, 9.17) is 4.74 Å². The Morgan fingerprint density at radius 3 is 2.64 bits per heavy atom. The molecule has 1 unspecified atom stereocenters. The van der Waals surface area contributed by atoms with Gasteiger partial charge in [-0.05, 0) is 6.42 Å². The molecule has 1 aliphatic rings. The fourth-order valence-electron chi connectivity index (χ4n) is 1.75. The molecule has 0 bridgehead atoms.